The Bertz CT molecular complexity index is 861. The number of benzene rings is 2. The van der Waals surface area contributed by atoms with Gasteiger partial charge in [0.25, 0.3) is 0 Å². The molecule has 124 valence electrons. The van der Waals surface area contributed by atoms with Crippen molar-refractivity contribution in [1.82, 2.24) is 0 Å². The summed E-state index contributed by atoms with van der Waals surface area (Å²) in [6.45, 7) is 5.66. The van der Waals surface area contributed by atoms with E-state index in [1.54, 1.807) is 16.1 Å². The van der Waals surface area contributed by atoms with E-state index in [1.165, 1.54) is 5.56 Å². The first-order valence-electron chi connectivity index (χ1n) is 8.23. The standard InChI is InChI=1S/C19H20BN4S/c1-3-23-11-12-25-19(23)22-21-18-10-9-17(13-15(18)2)24(20)14-16-7-5-4-6-8-16/h4-13H,3,14H2,1-2H3/q+1. The Morgan fingerprint density at radius 3 is 2.64 bits per heavy atom. The van der Waals surface area contributed by atoms with Gasteiger partial charge in [0, 0.05) is 17.6 Å². The van der Waals surface area contributed by atoms with Crippen molar-refractivity contribution in [3.63, 3.8) is 0 Å². The summed E-state index contributed by atoms with van der Waals surface area (Å²) in [5, 5.41) is 11.7. The van der Waals surface area contributed by atoms with Gasteiger partial charge in [-0.1, -0.05) is 30.3 Å². The largest absolute Gasteiger partial charge is 0.421 e. The van der Waals surface area contributed by atoms with Gasteiger partial charge in [-0.05, 0) is 59.6 Å². The topological polar surface area (TPSA) is 31.8 Å². The normalized spacial score (nSPS) is 11.1. The maximum Gasteiger partial charge on any atom is 0.408 e. The first kappa shape index (κ1) is 17.4. The molecule has 0 atom stereocenters. The minimum absolute atomic E-state index is 0.660. The minimum Gasteiger partial charge on any atom is -0.421 e. The average Bonchev–Trinajstić information content (AvgIpc) is 3.09. The molecule has 3 rings (SSSR count). The number of aromatic nitrogens is 1. The zero-order chi connectivity index (χ0) is 17.6. The number of rotatable bonds is 6. The van der Waals surface area contributed by atoms with Crippen LogP contribution < -0.4 is 9.38 Å². The van der Waals surface area contributed by atoms with Gasteiger partial charge in [0.15, 0.2) is 0 Å². The average molecular weight is 347 g/mol. The van der Waals surface area contributed by atoms with Crippen molar-refractivity contribution in [2.24, 2.45) is 10.2 Å². The van der Waals surface area contributed by atoms with E-state index >= 15 is 0 Å². The van der Waals surface area contributed by atoms with Crippen LogP contribution in [0.4, 0.5) is 16.5 Å². The van der Waals surface area contributed by atoms with Crippen LogP contribution in [0.2, 0.25) is 0 Å². The lowest BCUT2D eigenvalue weighted by molar-refractivity contribution is -0.676. The zero-order valence-electron chi connectivity index (χ0n) is 14.5. The molecule has 0 saturated carbocycles. The molecule has 1 heterocycles. The van der Waals surface area contributed by atoms with Crippen LogP contribution >= 0.6 is 11.3 Å². The van der Waals surface area contributed by atoms with Gasteiger partial charge in [0.1, 0.15) is 11.9 Å². The quantitative estimate of drug-likeness (QED) is 0.356. The highest BCUT2D eigenvalue weighted by molar-refractivity contribution is 7.12. The summed E-state index contributed by atoms with van der Waals surface area (Å²) in [7, 11) is 6.21. The number of azo groups is 1. The van der Waals surface area contributed by atoms with Crippen molar-refractivity contribution >= 4 is 35.8 Å². The number of nitrogens with zero attached hydrogens (tertiary/aromatic N) is 4. The third-order valence-electron chi connectivity index (χ3n) is 3.95. The Hall–Kier alpha value is -2.47. The Morgan fingerprint density at radius 2 is 1.92 bits per heavy atom. The summed E-state index contributed by atoms with van der Waals surface area (Å²) in [5.41, 5.74) is 4.03. The molecule has 0 aliphatic carbocycles. The van der Waals surface area contributed by atoms with Gasteiger partial charge in [-0.2, -0.15) is 0 Å². The van der Waals surface area contributed by atoms with Crippen LogP contribution in [-0.2, 0) is 13.1 Å². The van der Waals surface area contributed by atoms with Gasteiger partial charge in [-0.25, -0.2) is 4.57 Å². The summed E-state index contributed by atoms with van der Waals surface area (Å²) in [4.78, 5) is 1.74. The fourth-order valence-electron chi connectivity index (χ4n) is 2.52. The van der Waals surface area contributed by atoms with Crippen molar-refractivity contribution in [3.8, 4) is 0 Å². The second-order valence-corrected chi connectivity index (χ2v) is 6.63. The molecule has 4 nitrogen and oxygen atoms in total. The predicted molar refractivity (Wildman–Crippen MR) is 104 cm³/mol. The first-order valence-corrected chi connectivity index (χ1v) is 9.11. The van der Waals surface area contributed by atoms with E-state index in [9.17, 15) is 0 Å². The molecule has 2 radical (unpaired) electrons. The SMILES string of the molecule is [B]N(Cc1ccccc1)c1ccc(N=Nc2scc[n+]2CC)c(C)c1. The van der Waals surface area contributed by atoms with E-state index in [1.807, 2.05) is 54.9 Å². The lowest BCUT2D eigenvalue weighted by atomic mass is 10.1. The first-order chi connectivity index (χ1) is 12.2. The molecule has 0 unspecified atom stereocenters. The summed E-state index contributed by atoms with van der Waals surface area (Å²) in [6.07, 6.45) is 2.02. The van der Waals surface area contributed by atoms with E-state index in [0.29, 0.717) is 6.54 Å². The maximum atomic E-state index is 6.21. The van der Waals surface area contributed by atoms with Crippen molar-refractivity contribution in [2.75, 3.05) is 4.81 Å². The molecule has 0 saturated heterocycles. The maximum absolute atomic E-state index is 6.21. The summed E-state index contributed by atoms with van der Waals surface area (Å²) in [6, 6.07) is 16.2. The Kier molecular flexibility index (Phi) is 5.61. The molecule has 2 aromatic carbocycles. The van der Waals surface area contributed by atoms with Gasteiger partial charge >= 0.3 is 5.13 Å². The number of hydrogen-bond acceptors (Lipinski definition) is 4. The Balaban J connectivity index is 1.74. The fourth-order valence-corrected chi connectivity index (χ4v) is 3.26. The minimum atomic E-state index is 0.660. The van der Waals surface area contributed by atoms with Crippen LogP contribution in [0.25, 0.3) is 0 Å². The number of aryl methyl sites for hydroxylation is 2. The third kappa shape index (κ3) is 4.34. The monoisotopic (exact) mass is 347 g/mol. The zero-order valence-corrected chi connectivity index (χ0v) is 15.3. The molecule has 0 aliphatic heterocycles. The van der Waals surface area contributed by atoms with Gasteiger partial charge < -0.3 is 4.81 Å². The Labute approximate surface area is 153 Å². The molecule has 0 amide bonds. The molecule has 0 N–H and O–H groups in total. The summed E-state index contributed by atoms with van der Waals surface area (Å²) < 4.78 is 2.07. The Morgan fingerprint density at radius 1 is 1.12 bits per heavy atom. The molecule has 1 aromatic heterocycles. The van der Waals surface area contributed by atoms with Crippen LogP contribution in [0.15, 0.2) is 70.3 Å². The van der Waals surface area contributed by atoms with E-state index in [0.717, 1.165) is 28.6 Å². The number of hydrogen-bond donors (Lipinski definition) is 0. The highest BCUT2D eigenvalue weighted by Crippen LogP contribution is 2.27. The number of thiazole rings is 1. The fraction of sp³-hybridized carbons (Fsp3) is 0.211. The second kappa shape index (κ2) is 8.07. The molecule has 3 aromatic rings. The van der Waals surface area contributed by atoms with Crippen molar-refractivity contribution in [2.45, 2.75) is 26.9 Å². The second-order valence-electron chi connectivity index (χ2n) is 5.76. The van der Waals surface area contributed by atoms with Gasteiger partial charge in [0.05, 0.1) is 11.7 Å². The van der Waals surface area contributed by atoms with Crippen molar-refractivity contribution in [1.29, 1.82) is 0 Å². The lowest BCUT2D eigenvalue weighted by Gasteiger charge is -2.20. The molecule has 0 spiro atoms. The van der Waals surface area contributed by atoms with Gasteiger partial charge in [0.2, 0.25) is 7.98 Å². The summed E-state index contributed by atoms with van der Waals surface area (Å²) >= 11 is 1.58. The van der Waals surface area contributed by atoms with Crippen LogP contribution in [0, 0.1) is 6.92 Å². The molecular formula is C19H20BN4S+. The van der Waals surface area contributed by atoms with E-state index < -0.39 is 0 Å². The molecule has 0 bridgehead atoms. The molecule has 6 heteroatoms. The van der Waals surface area contributed by atoms with E-state index in [4.69, 9.17) is 7.98 Å². The van der Waals surface area contributed by atoms with Crippen LogP contribution in [0.5, 0.6) is 0 Å². The van der Waals surface area contributed by atoms with Crippen molar-refractivity contribution in [3.05, 3.63) is 71.2 Å². The van der Waals surface area contributed by atoms with E-state index in [-0.39, 0.29) is 0 Å². The molecule has 25 heavy (non-hydrogen) atoms. The molecule has 0 fully saturated rings. The summed E-state index contributed by atoms with van der Waals surface area (Å²) in [5.74, 6) is 0. The lowest BCUT2D eigenvalue weighted by Crippen LogP contribution is -2.28. The molecular weight excluding hydrogens is 327 g/mol. The van der Waals surface area contributed by atoms with Gasteiger partial charge in [-0.15, -0.1) is 0 Å². The van der Waals surface area contributed by atoms with Crippen LogP contribution in [0.1, 0.15) is 18.1 Å². The van der Waals surface area contributed by atoms with Gasteiger partial charge in [-0.3, -0.25) is 0 Å². The van der Waals surface area contributed by atoms with E-state index in [2.05, 4.69) is 33.9 Å². The highest BCUT2D eigenvalue weighted by atomic mass is 32.1. The van der Waals surface area contributed by atoms with Crippen LogP contribution in [0.3, 0.4) is 0 Å². The molecule has 0 aliphatic rings. The third-order valence-corrected chi connectivity index (χ3v) is 4.74. The predicted octanol–water partition coefficient (Wildman–Crippen LogP) is 4.87. The van der Waals surface area contributed by atoms with Crippen molar-refractivity contribution < 1.29 is 4.57 Å². The smallest absolute Gasteiger partial charge is 0.408 e. The highest BCUT2D eigenvalue weighted by Gasteiger charge is 2.11. The van der Waals surface area contributed by atoms with Crippen LogP contribution in [-0.4, -0.2) is 7.98 Å². The number of anilines is 1.